The van der Waals surface area contributed by atoms with E-state index in [1.54, 1.807) is 0 Å². The molecule has 1 amide bonds. The van der Waals surface area contributed by atoms with Crippen molar-refractivity contribution in [3.05, 3.63) is 22.4 Å². The van der Waals surface area contributed by atoms with Crippen molar-refractivity contribution in [1.82, 2.24) is 9.88 Å². The minimum Gasteiger partial charge on any atom is -0.350 e. The molecule has 1 aromatic heterocycles. The summed E-state index contributed by atoms with van der Waals surface area (Å²) in [5.74, 6) is 2.55. The molecule has 2 aliphatic carbocycles. The molecule has 0 saturated heterocycles. The molecular formula is C16H23BrN2O. The topological polar surface area (TPSA) is 34.0 Å². The van der Waals surface area contributed by atoms with E-state index in [2.05, 4.69) is 35.1 Å². The molecule has 2 aliphatic rings. The number of amides is 1. The second kappa shape index (κ2) is 5.55. The number of nitrogens with zero attached hydrogens (tertiary/aromatic N) is 1. The van der Waals surface area contributed by atoms with Crippen molar-refractivity contribution in [3.8, 4) is 0 Å². The van der Waals surface area contributed by atoms with Crippen LogP contribution in [-0.2, 0) is 0 Å². The maximum atomic E-state index is 12.4. The van der Waals surface area contributed by atoms with E-state index >= 15 is 0 Å². The lowest BCUT2D eigenvalue weighted by atomic mass is 9.98. The Labute approximate surface area is 129 Å². The number of hydrogen-bond donors (Lipinski definition) is 1. The molecule has 1 N–H and O–H groups in total. The third-order valence-electron chi connectivity index (χ3n) is 4.56. The quantitative estimate of drug-likeness (QED) is 0.835. The SMILES string of the molecule is CC(C)n1cc(Br)cc1C(=O)NCC(C1CC1)C1CC1. The largest absolute Gasteiger partial charge is 0.350 e. The van der Waals surface area contributed by atoms with E-state index in [0.717, 1.165) is 34.5 Å². The van der Waals surface area contributed by atoms with Crippen molar-refractivity contribution in [2.75, 3.05) is 6.54 Å². The first-order valence-corrected chi connectivity index (χ1v) is 8.51. The Balaban J connectivity index is 1.63. The number of carbonyl (C=O) groups excluding carboxylic acids is 1. The molecule has 3 nitrogen and oxygen atoms in total. The molecule has 0 atom stereocenters. The summed E-state index contributed by atoms with van der Waals surface area (Å²) < 4.78 is 3.00. The van der Waals surface area contributed by atoms with Gasteiger partial charge in [-0.15, -0.1) is 0 Å². The molecule has 1 heterocycles. The highest BCUT2D eigenvalue weighted by Gasteiger charge is 2.41. The zero-order chi connectivity index (χ0) is 14.3. The fourth-order valence-corrected chi connectivity index (χ4v) is 3.56. The second-order valence-electron chi connectivity index (χ2n) is 6.59. The number of carbonyl (C=O) groups is 1. The van der Waals surface area contributed by atoms with Crippen LogP contribution in [0.25, 0.3) is 0 Å². The molecule has 0 radical (unpaired) electrons. The van der Waals surface area contributed by atoms with E-state index in [1.165, 1.54) is 25.7 Å². The highest BCUT2D eigenvalue weighted by molar-refractivity contribution is 9.10. The van der Waals surface area contributed by atoms with E-state index in [4.69, 9.17) is 0 Å². The molecule has 110 valence electrons. The van der Waals surface area contributed by atoms with Crippen LogP contribution >= 0.6 is 15.9 Å². The van der Waals surface area contributed by atoms with Gasteiger partial charge in [0.1, 0.15) is 5.69 Å². The minimum absolute atomic E-state index is 0.0655. The first-order chi connectivity index (χ1) is 9.56. The molecule has 0 spiro atoms. The first-order valence-electron chi connectivity index (χ1n) is 7.72. The molecule has 0 unspecified atom stereocenters. The summed E-state index contributed by atoms with van der Waals surface area (Å²) >= 11 is 3.47. The zero-order valence-corrected chi connectivity index (χ0v) is 13.8. The summed E-state index contributed by atoms with van der Waals surface area (Å²) in [5.41, 5.74) is 0.761. The van der Waals surface area contributed by atoms with E-state index in [0.29, 0.717) is 6.04 Å². The third-order valence-corrected chi connectivity index (χ3v) is 4.99. The lowest BCUT2D eigenvalue weighted by Gasteiger charge is -2.17. The van der Waals surface area contributed by atoms with Crippen LogP contribution in [0, 0.1) is 17.8 Å². The highest BCUT2D eigenvalue weighted by Crippen LogP contribution is 2.48. The lowest BCUT2D eigenvalue weighted by Crippen LogP contribution is -2.32. The van der Waals surface area contributed by atoms with Crippen LogP contribution < -0.4 is 5.32 Å². The maximum absolute atomic E-state index is 12.4. The Bertz CT molecular complexity index is 489. The molecule has 0 aromatic carbocycles. The Morgan fingerprint density at radius 1 is 1.35 bits per heavy atom. The summed E-state index contributed by atoms with van der Waals surface area (Å²) in [5, 5.41) is 3.17. The fraction of sp³-hybridized carbons (Fsp3) is 0.688. The number of nitrogens with one attached hydrogen (secondary N) is 1. The predicted octanol–water partition coefficient (Wildman–Crippen LogP) is 4.00. The van der Waals surface area contributed by atoms with Crippen LogP contribution in [0.2, 0.25) is 0 Å². The normalized spacial score (nSPS) is 18.9. The van der Waals surface area contributed by atoms with Crippen LogP contribution in [0.4, 0.5) is 0 Å². The molecule has 4 heteroatoms. The van der Waals surface area contributed by atoms with Gasteiger partial charge >= 0.3 is 0 Å². The number of rotatable bonds is 6. The predicted molar refractivity (Wildman–Crippen MR) is 83.8 cm³/mol. The molecule has 2 saturated carbocycles. The fourth-order valence-electron chi connectivity index (χ4n) is 3.12. The average molecular weight is 339 g/mol. The monoisotopic (exact) mass is 338 g/mol. The second-order valence-corrected chi connectivity index (χ2v) is 7.51. The summed E-state index contributed by atoms with van der Waals surface area (Å²) in [6, 6.07) is 2.21. The molecule has 1 aromatic rings. The summed E-state index contributed by atoms with van der Waals surface area (Å²) in [6.45, 7) is 5.05. The van der Waals surface area contributed by atoms with Gasteiger partial charge in [-0.2, -0.15) is 0 Å². The van der Waals surface area contributed by atoms with E-state index < -0.39 is 0 Å². The molecule has 20 heavy (non-hydrogen) atoms. The van der Waals surface area contributed by atoms with Crippen LogP contribution in [-0.4, -0.2) is 17.0 Å². The van der Waals surface area contributed by atoms with Crippen molar-refractivity contribution in [3.63, 3.8) is 0 Å². The summed E-state index contributed by atoms with van der Waals surface area (Å²) in [4.78, 5) is 12.4. The smallest absolute Gasteiger partial charge is 0.267 e. The Kier molecular flexibility index (Phi) is 3.93. The number of hydrogen-bond acceptors (Lipinski definition) is 1. The molecule has 3 rings (SSSR count). The molecule has 0 aliphatic heterocycles. The standard InChI is InChI=1S/C16H23BrN2O/c1-10(2)19-9-13(17)7-15(19)16(20)18-8-14(11-3-4-11)12-5-6-12/h7,9-12,14H,3-6,8H2,1-2H3,(H,18,20). The average Bonchev–Trinajstić information content (AvgIpc) is 3.29. The van der Waals surface area contributed by atoms with Gasteiger partial charge in [0.2, 0.25) is 0 Å². The maximum Gasteiger partial charge on any atom is 0.267 e. The van der Waals surface area contributed by atoms with Crippen molar-refractivity contribution in [2.24, 2.45) is 17.8 Å². The van der Waals surface area contributed by atoms with E-state index in [9.17, 15) is 4.79 Å². The van der Waals surface area contributed by atoms with Gasteiger partial charge in [0.25, 0.3) is 5.91 Å². The third kappa shape index (κ3) is 3.11. The zero-order valence-electron chi connectivity index (χ0n) is 12.2. The van der Waals surface area contributed by atoms with Gasteiger partial charge in [-0.25, -0.2) is 0 Å². The summed E-state index contributed by atoms with van der Waals surface area (Å²) in [7, 11) is 0. The number of aromatic nitrogens is 1. The van der Waals surface area contributed by atoms with Crippen LogP contribution in [0.1, 0.15) is 56.1 Å². The molecular weight excluding hydrogens is 316 g/mol. The van der Waals surface area contributed by atoms with Gasteiger partial charge in [0.05, 0.1) is 0 Å². The Hall–Kier alpha value is -0.770. The van der Waals surface area contributed by atoms with E-state index in [1.807, 2.05) is 16.8 Å². The van der Waals surface area contributed by atoms with Crippen molar-refractivity contribution >= 4 is 21.8 Å². The van der Waals surface area contributed by atoms with Crippen LogP contribution in [0.3, 0.4) is 0 Å². The lowest BCUT2D eigenvalue weighted by molar-refractivity contribution is 0.0932. The number of halogens is 1. The van der Waals surface area contributed by atoms with Crippen LogP contribution in [0.5, 0.6) is 0 Å². The van der Waals surface area contributed by atoms with Gasteiger partial charge in [0.15, 0.2) is 0 Å². The highest BCUT2D eigenvalue weighted by atomic mass is 79.9. The van der Waals surface area contributed by atoms with Gasteiger partial charge in [-0.3, -0.25) is 4.79 Å². The first kappa shape index (κ1) is 14.2. The van der Waals surface area contributed by atoms with E-state index in [-0.39, 0.29) is 5.91 Å². The van der Waals surface area contributed by atoms with Gasteiger partial charge in [-0.1, -0.05) is 0 Å². The van der Waals surface area contributed by atoms with Gasteiger partial charge < -0.3 is 9.88 Å². The van der Waals surface area contributed by atoms with Crippen molar-refractivity contribution in [2.45, 2.75) is 45.6 Å². The van der Waals surface area contributed by atoms with Gasteiger partial charge in [0, 0.05) is 23.3 Å². The Morgan fingerprint density at radius 2 is 1.95 bits per heavy atom. The molecule has 2 fully saturated rings. The molecule has 0 bridgehead atoms. The van der Waals surface area contributed by atoms with Crippen LogP contribution in [0.15, 0.2) is 16.7 Å². The summed E-state index contributed by atoms with van der Waals surface area (Å²) in [6.07, 6.45) is 7.45. The van der Waals surface area contributed by atoms with Crippen molar-refractivity contribution < 1.29 is 4.79 Å². The van der Waals surface area contributed by atoms with Gasteiger partial charge in [-0.05, 0) is 79.3 Å². The minimum atomic E-state index is 0.0655. The van der Waals surface area contributed by atoms with Crippen molar-refractivity contribution in [1.29, 1.82) is 0 Å². The Morgan fingerprint density at radius 3 is 2.45 bits per heavy atom.